The van der Waals surface area contributed by atoms with Crippen LogP contribution in [0.15, 0.2) is 48.5 Å². The van der Waals surface area contributed by atoms with Crippen LogP contribution >= 0.6 is 0 Å². The minimum atomic E-state index is -0.236. The number of rotatable bonds is 15. The summed E-state index contributed by atoms with van der Waals surface area (Å²) in [6, 6.07) is 17.0. The Bertz CT molecular complexity index is 1100. The van der Waals surface area contributed by atoms with Gasteiger partial charge in [-0.25, -0.2) is 4.98 Å². The highest BCUT2D eigenvalue weighted by Gasteiger charge is 2.22. The Labute approximate surface area is 221 Å². The van der Waals surface area contributed by atoms with E-state index in [0.717, 1.165) is 94.6 Å². The van der Waals surface area contributed by atoms with Gasteiger partial charge in [0.05, 0.1) is 17.6 Å². The van der Waals surface area contributed by atoms with E-state index in [0.29, 0.717) is 12.5 Å². The van der Waals surface area contributed by atoms with Crippen LogP contribution in [0, 0.1) is 0 Å². The molecular weight excluding hydrogens is 462 g/mol. The number of carbonyl (C=O) groups excluding carboxylic acids is 1. The van der Waals surface area contributed by atoms with Crippen LogP contribution in [-0.2, 0) is 22.5 Å². The maximum Gasteiger partial charge on any atom is 0.249 e. The van der Waals surface area contributed by atoms with E-state index in [-0.39, 0.29) is 12.0 Å². The number of hydrogen-bond acceptors (Lipinski definition) is 4. The summed E-state index contributed by atoms with van der Waals surface area (Å²) >= 11 is 0. The molecule has 6 heteroatoms. The van der Waals surface area contributed by atoms with Gasteiger partial charge in [-0.2, -0.15) is 0 Å². The predicted octanol–water partition coefficient (Wildman–Crippen LogP) is 6.42. The fourth-order valence-electron chi connectivity index (χ4n) is 4.95. The van der Waals surface area contributed by atoms with Crippen LogP contribution in [0.2, 0.25) is 0 Å². The Morgan fingerprint density at radius 1 is 1.11 bits per heavy atom. The second-order valence-electron chi connectivity index (χ2n) is 10.2. The number of aromatic nitrogens is 2. The van der Waals surface area contributed by atoms with Crippen LogP contribution in [0.25, 0.3) is 11.0 Å². The normalized spacial score (nSPS) is 16.2. The SMILES string of the molecule is CCC(C)c1ccc(OCCCCn2c(CCCCCNC(=O)C3CCCO3)nc3ccccc32)cc1. The summed E-state index contributed by atoms with van der Waals surface area (Å²) in [5.74, 6) is 2.75. The van der Waals surface area contributed by atoms with E-state index in [1.165, 1.54) is 11.1 Å². The third-order valence-corrected chi connectivity index (χ3v) is 7.44. The van der Waals surface area contributed by atoms with Crippen LogP contribution in [0.1, 0.15) is 82.5 Å². The van der Waals surface area contributed by atoms with Gasteiger partial charge in [0.15, 0.2) is 0 Å². The quantitative estimate of drug-likeness (QED) is 0.242. The number of benzene rings is 2. The summed E-state index contributed by atoms with van der Waals surface area (Å²) in [6.07, 6.45) is 8.87. The summed E-state index contributed by atoms with van der Waals surface area (Å²) in [5, 5.41) is 3.02. The van der Waals surface area contributed by atoms with E-state index in [2.05, 4.69) is 72.3 Å². The molecule has 0 bridgehead atoms. The summed E-state index contributed by atoms with van der Waals surface area (Å²) in [5.41, 5.74) is 3.65. The lowest BCUT2D eigenvalue weighted by molar-refractivity contribution is -0.130. The molecule has 1 aliphatic heterocycles. The molecule has 37 heavy (non-hydrogen) atoms. The molecule has 1 amide bonds. The molecule has 0 radical (unpaired) electrons. The largest absolute Gasteiger partial charge is 0.494 e. The van der Waals surface area contributed by atoms with Crippen LogP contribution in [0.4, 0.5) is 0 Å². The molecule has 2 atom stereocenters. The van der Waals surface area contributed by atoms with Crippen molar-refractivity contribution in [1.29, 1.82) is 0 Å². The zero-order chi connectivity index (χ0) is 25.9. The molecule has 2 unspecified atom stereocenters. The molecule has 6 nitrogen and oxygen atoms in total. The lowest BCUT2D eigenvalue weighted by Gasteiger charge is -2.12. The van der Waals surface area contributed by atoms with Crippen molar-refractivity contribution < 1.29 is 14.3 Å². The first-order chi connectivity index (χ1) is 18.2. The average molecular weight is 506 g/mol. The van der Waals surface area contributed by atoms with Gasteiger partial charge in [0.25, 0.3) is 0 Å². The minimum Gasteiger partial charge on any atom is -0.494 e. The second-order valence-corrected chi connectivity index (χ2v) is 10.2. The lowest BCUT2D eigenvalue weighted by atomic mass is 9.99. The maximum atomic E-state index is 12.1. The number of nitrogens with zero attached hydrogens (tertiary/aromatic N) is 2. The van der Waals surface area contributed by atoms with Crippen molar-refractivity contribution in [3.63, 3.8) is 0 Å². The van der Waals surface area contributed by atoms with Gasteiger partial charge in [-0.1, -0.05) is 44.5 Å². The molecule has 2 heterocycles. The van der Waals surface area contributed by atoms with Gasteiger partial charge in [-0.15, -0.1) is 0 Å². The number of fused-ring (bicyclic) bond motifs is 1. The second kappa shape index (κ2) is 14.2. The number of nitrogens with one attached hydrogen (secondary N) is 1. The monoisotopic (exact) mass is 505 g/mol. The van der Waals surface area contributed by atoms with E-state index >= 15 is 0 Å². The first-order valence-electron chi connectivity index (χ1n) is 14.2. The number of hydrogen-bond donors (Lipinski definition) is 1. The summed E-state index contributed by atoms with van der Waals surface area (Å²) in [6.45, 7) is 7.58. The van der Waals surface area contributed by atoms with E-state index < -0.39 is 0 Å². The molecule has 3 aromatic rings. The van der Waals surface area contributed by atoms with Crippen molar-refractivity contribution in [3.05, 3.63) is 59.9 Å². The van der Waals surface area contributed by atoms with Crippen LogP contribution in [0.3, 0.4) is 0 Å². The highest BCUT2D eigenvalue weighted by Crippen LogP contribution is 2.22. The summed E-state index contributed by atoms with van der Waals surface area (Å²) < 4.78 is 13.8. The zero-order valence-corrected chi connectivity index (χ0v) is 22.6. The first-order valence-corrected chi connectivity index (χ1v) is 14.2. The molecule has 2 aromatic carbocycles. The minimum absolute atomic E-state index is 0.0476. The number of ether oxygens (including phenoxy) is 2. The van der Waals surface area contributed by atoms with Gasteiger partial charge in [0, 0.05) is 26.1 Å². The lowest BCUT2D eigenvalue weighted by Crippen LogP contribution is -2.34. The Morgan fingerprint density at radius 3 is 2.73 bits per heavy atom. The van der Waals surface area contributed by atoms with E-state index in [1.807, 2.05) is 0 Å². The van der Waals surface area contributed by atoms with Crippen molar-refractivity contribution in [2.45, 2.75) is 90.2 Å². The third-order valence-electron chi connectivity index (χ3n) is 7.44. The average Bonchev–Trinajstić information content (AvgIpc) is 3.59. The number of carbonyl (C=O) groups is 1. The zero-order valence-electron chi connectivity index (χ0n) is 22.6. The summed E-state index contributed by atoms with van der Waals surface area (Å²) in [7, 11) is 0. The molecule has 4 rings (SSSR count). The smallest absolute Gasteiger partial charge is 0.249 e. The Hall–Kier alpha value is -2.86. The molecule has 0 spiro atoms. The topological polar surface area (TPSA) is 65.4 Å². The standard InChI is InChI=1S/C31H43N3O3/c1-3-24(2)25-16-18-26(19-17-25)36-22-10-9-21-34-28-13-7-6-12-27(28)33-30(34)15-5-4-8-20-32-31(35)29-14-11-23-37-29/h6-7,12-13,16-19,24,29H,3-5,8-11,14-15,20-23H2,1-2H3,(H,32,35). The van der Waals surface area contributed by atoms with Crippen LogP contribution < -0.4 is 10.1 Å². The maximum absolute atomic E-state index is 12.1. The summed E-state index contributed by atoms with van der Waals surface area (Å²) in [4.78, 5) is 17.0. The molecule has 1 aliphatic rings. The van der Waals surface area contributed by atoms with Crippen LogP contribution in [0.5, 0.6) is 5.75 Å². The Kier molecular flexibility index (Phi) is 10.4. The number of unbranched alkanes of at least 4 members (excludes halogenated alkanes) is 3. The van der Waals surface area contributed by atoms with E-state index in [4.69, 9.17) is 14.5 Å². The van der Waals surface area contributed by atoms with Crippen LogP contribution in [-0.4, -0.2) is 41.3 Å². The van der Waals surface area contributed by atoms with Crippen molar-refractivity contribution in [3.8, 4) is 5.75 Å². The highest BCUT2D eigenvalue weighted by molar-refractivity contribution is 5.80. The van der Waals surface area contributed by atoms with Gasteiger partial charge in [-0.05, 0) is 80.7 Å². The molecule has 0 saturated carbocycles. The van der Waals surface area contributed by atoms with Crippen molar-refractivity contribution >= 4 is 16.9 Å². The predicted molar refractivity (Wildman–Crippen MR) is 149 cm³/mol. The fourth-order valence-corrected chi connectivity index (χ4v) is 4.95. The van der Waals surface area contributed by atoms with Gasteiger partial charge in [0.2, 0.25) is 5.91 Å². The van der Waals surface area contributed by atoms with E-state index in [1.54, 1.807) is 0 Å². The Balaban J connectivity index is 1.19. The number of imidazole rings is 1. The Morgan fingerprint density at radius 2 is 1.95 bits per heavy atom. The van der Waals surface area contributed by atoms with Crippen molar-refractivity contribution in [2.24, 2.45) is 0 Å². The molecule has 1 saturated heterocycles. The van der Waals surface area contributed by atoms with Gasteiger partial charge >= 0.3 is 0 Å². The number of aryl methyl sites for hydroxylation is 2. The molecule has 1 N–H and O–H groups in total. The number of amides is 1. The third kappa shape index (κ3) is 7.81. The first kappa shape index (κ1) is 27.2. The van der Waals surface area contributed by atoms with Crippen molar-refractivity contribution in [1.82, 2.24) is 14.9 Å². The molecule has 200 valence electrons. The molecule has 1 aromatic heterocycles. The van der Waals surface area contributed by atoms with Gasteiger partial charge in [-0.3, -0.25) is 4.79 Å². The highest BCUT2D eigenvalue weighted by atomic mass is 16.5. The molecule has 1 fully saturated rings. The van der Waals surface area contributed by atoms with Gasteiger partial charge in [0.1, 0.15) is 17.7 Å². The van der Waals surface area contributed by atoms with Crippen molar-refractivity contribution in [2.75, 3.05) is 19.8 Å². The van der Waals surface area contributed by atoms with Gasteiger partial charge < -0.3 is 19.4 Å². The molecule has 0 aliphatic carbocycles. The van der Waals surface area contributed by atoms with E-state index in [9.17, 15) is 4.79 Å². The number of para-hydroxylation sites is 2. The fraction of sp³-hybridized carbons (Fsp3) is 0.548. The molecular formula is C31H43N3O3.